The van der Waals surface area contributed by atoms with Gasteiger partial charge in [0.05, 0.1) is 5.56 Å². The van der Waals surface area contributed by atoms with Gasteiger partial charge in [-0.2, -0.15) is 0 Å². The highest BCUT2D eigenvalue weighted by Gasteiger charge is 2.48. The summed E-state index contributed by atoms with van der Waals surface area (Å²) < 4.78 is 0. The van der Waals surface area contributed by atoms with Gasteiger partial charge in [0.1, 0.15) is 0 Å². The van der Waals surface area contributed by atoms with E-state index in [4.69, 9.17) is 0 Å². The summed E-state index contributed by atoms with van der Waals surface area (Å²) in [5.41, 5.74) is 1.21. The molecule has 4 aliphatic carbocycles. The van der Waals surface area contributed by atoms with Gasteiger partial charge >= 0.3 is 5.97 Å². The molecular formula is C17H21NO2. The van der Waals surface area contributed by atoms with Crippen LogP contribution >= 0.6 is 0 Å². The molecule has 0 amide bonds. The van der Waals surface area contributed by atoms with E-state index in [1.54, 1.807) is 12.1 Å². The molecular weight excluding hydrogens is 250 g/mol. The van der Waals surface area contributed by atoms with Crippen LogP contribution in [0.1, 0.15) is 42.5 Å². The van der Waals surface area contributed by atoms with Crippen LogP contribution in [0.15, 0.2) is 24.3 Å². The Morgan fingerprint density at radius 2 is 1.60 bits per heavy atom. The summed E-state index contributed by atoms with van der Waals surface area (Å²) in [5.74, 6) is 2.58. The Hall–Kier alpha value is -1.51. The molecule has 0 radical (unpaired) electrons. The molecule has 0 atom stereocenters. The first kappa shape index (κ1) is 12.2. The molecule has 1 aromatic carbocycles. The number of carbonyl (C=O) groups is 1. The number of hydrogen-bond donors (Lipinski definition) is 2. The molecule has 3 nitrogen and oxygen atoms in total. The van der Waals surface area contributed by atoms with Gasteiger partial charge in [-0.25, -0.2) is 4.79 Å². The highest BCUT2D eigenvalue weighted by molar-refractivity contribution is 5.94. The number of anilines is 1. The van der Waals surface area contributed by atoms with E-state index in [-0.39, 0.29) is 0 Å². The minimum Gasteiger partial charge on any atom is -0.478 e. The first-order chi connectivity index (χ1) is 9.70. The number of carboxylic acids is 1. The van der Waals surface area contributed by atoms with E-state index >= 15 is 0 Å². The number of para-hydroxylation sites is 1. The van der Waals surface area contributed by atoms with Crippen molar-refractivity contribution in [2.75, 3.05) is 5.32 Å². The molecule has 0 saturated heterocycles. The molecule has 4 bridgehead atoms. The lowest BCUT2D eigenvalue weighted by Gasteiger charge is -2.54. The number of rotatable bonds is 3. The van der Waals surface area contributed by atoms with E-state index in [1.807, 2.05) is 12.1 Å². The highest BCUT2D eigenvalue weighted by Crippen LogP contribution is 2.54. The lowest BCUT2D eigenvalue weighted by molar-refractivity contribution is 0.00749. The Balaban J connectivity index is 1.59. The van der Waals surface area contributed by atoms with Crippen LogP contribution in [0, 0.1) is 23.7 Å². The monoisotopic (exact) mass is 271 g/mol. The van der Waals surface area contributed by atoms with Crippen molar-refractivity contribution in [3.05, 3.63) is 29.8 Å². The van der Waals surface area contributed by atoms with Crippen LogP contribution in [0.2, 0.25) is 0 Å². The zero-order valence-electron chi connectivity index (χ0n) is 11.6. The number of nitrogens with one attached hydrogen (secondary N) is 1. The second-order valence-electron chi connectivity index (χ2n) is 6.95. The van der Waals surface area contributed by atoms with Crippen molar-refractivity contribution in [1.29, 1.82) is 0 Å². The number of aromatic carboxylic acids is 1. The summed E-state index contributed by atoms with van der Waals surface area (Å²) in [5, 5.41) is 12.9. The molecule has 3 heteroatoms. The third-order valence-corrected chi connectivity index (χ3v) is 5.71. The van der Waals surface area contributed by atoms with Crippen molar-refractivity contribution >= 4 is 11.7 Å². The minimum absolute atomic E-state index is 0.404. The number of benzene rings is 1. The van der Waals surface area contributed by atoms with Gasteiger partial charge in [0, 0.05) is 11.7 Å². The van der Waals surface area contributed by atoms with E-state index in [0.717, 1.165) is 29.4 Å². The van der Waals surface area contributed by atoms with E-state index in [0.29, 0.717) is 11.6 Å². The fourth-order valence-electron chi connectivity index (χ4n) is 5.14. The maximum Gasteiger partial charge on any atom is 0.337 e. The molecule has 0 spiro atoms. The fourth-order valence-corrected chi connectivity index (χ4v) is 5.14. The first-order valence-electron chi connectivity index (χ1n) is 7.79. The zero-order valence-corrected chi connectivity index (χ0v) is 11.6. The largest absolute Gasteiger partial charge is 0.478 e. The maximum atomic E-state index is 11.3. The number of hydrogen-bond acceptors (Lipinski definition) is 2. The van der Waals surface area contributed by atoms with Gasteiger partial charge in [0.25, 0.3) is 0 Å². The van der Waals surface area contributed by atoms with Crippen molar-refractivity contribution < 1.29 is 9.90 Å². The van der Waals surface area contributed by atoms with Crippen LogP contribution in [0.5, 0.6) is 0 Å². The molecule has 4 fully saturated rings. The molecule has 5 rings (SSSR count). The van der Waals surface area contributed by atoms with E-state index < -0.39 is 5.97 Å². The summed E-state index contributed by atoms with van der Waals surface area (Å²) in [6.45, 7) is 0. The summed E-state index contributed by atoms with van der Waals surface area (Å²) >= 11 is 0. The SMILES string of the molecule is O=C(O)c1ccccc1NC1C2CC3CC(C2)CC1C3. The van der Waals surface area contributed by atoms with Crippen LogP contribution in [0.25, 0.3) is 0 Å². The Bertz CT molecular complexity index is 512. The van der Waals surface area contributed by atoms with Gasteiger partial charge in [0.2, 0.25) is 0 Å². The van der Waals surface area contributed by atoms with Crippen LogP contribution in [-0.4, -0.2) is 17.1 Å². The van der Waals surface area contributed by atoms with Gasteiger partial charge in [-0.15, -0.1) is 0 Å². The quantitative estimate of drug-likeness (QED) is 0.882. The molecule has 4 saturated carbocycles. The Morgan fingerprint density at radius 1 is 1.00 bits per heavy atom. The summed E-state index contributed by atoms with van der Waals surface area (Å²) in [4.78, 5) is 11.3. The minimum atomic E-state index is -0.836. The molecule has 106 valence electrons. The summed E-state index contributed by atoms with van der Waals surface area (Å²) in [7, 11) is 0. The average molecular weight is 271 g/mol. The fraction of sp³-hybridized carbons (Fsp3) is 0.588. The predicted molar refractivity (Wildman–Crippen MR) is 77.9 cm³/mol. The third kappa shape index (κ3) is 1.91. The average Bonchev–Trinajstić information content (AvgIpc) is 2.42. The van der Waals surface area contributed by atoms with E-state index in [9.17, 15) is 9.90 Å². The van der Waals surface area contributed by atoms with Gasteiger partial charge in [-0.05, 0) is 67.9 Å². The molecule has 0 unspecified atom stereocenters. The summed E-state index contributed by atoms with van der Waals surface area (Å²) in [6.07, 6.45) is 6.84. The maximum absolute atomic E-state index is 11.3. The van der Waals surface area contributed by atoms with Crippen LogP contribution in [-0.2, 0) is 0 Å². The lowest BCUT2D eigenvalue weighted by Crippen LogP contribution is -2.51. The van der Waals surface area contributed by atoms with Gasteiger partial charge in [0.15, 0.2) is 0 Å². The molecule has 0 heterocycles. The van der Waals surface area contributed by atoms with Crippen molar-refractivity contribution in [3.63, 3.8) is 0 Å². The standard InChI is InChI=1S/C17H21NO2/c19-17(20)14-3-1-2-4-15(14)18-16-12-6-10-5-11(8-12)9-13(16)7-10/h1-4,10-13,16,18H,5-9H2,(H,19,20). The summed E-state index contributed by atoms with van der Waals surface area (Å²) in [6, 6.07) is 7.81. The molecule has 4 aliphatic rings. The molecule has 1 aromatic rings. The Morgan fingerprint density at radius 3 is 2.20 bits per heavy atom. The molecule has 20 heavy (non-hydrogen) atoms. The topological polar surface area (TPSA) is 49.3 Å². The predicted octanol–water partition coefficient (Wildman–Crippen LogP) is 3.62. The zero-order chi connectivity index (χ0) is 13.7. The second kappa shape index (κ2) is 4.51. The van der Waals surface area contributed by atoms with Crippen molar-refractivity contribution in [2.24, 2.45) is 23.7 Å². The second-order valence-corrected chi connectivity index (χ2v) is 6.95. The lowest BCUT2D eigenvalue weighted by atomic mass is 9.54. The van der Waals surface area contributed by atoms with Crippen LogP contribution < -0.4 is 5.32 Å². The third-order valence-electron chi connectivity index (χ3n) is 5.71. The normalized spacial score (nSPS) is 37.9. The van der Waals surface area contributed by atoms with Crippen molar-refractivity contribution in [2.45, 2.75) is 38.1 Å². The van der Waals surface area contributed by atoms with E-state index in [1.165, 1.54) is 32.1 Å². The first-order valence-corrected chi connectivity index (χ1v) is 7.79. The van der Waals surface area contributed by atoms with Gasteiger partial charge in [-0.3, -0.25) is 0 Å². The van der Waals surface area contributed by atoms with E-state index in [2.05, 4.69) is 5.32 Å². The molecule has 0 aliphatic heterocycles. The van der Waals surface area contributed by atoms with Crippen molar-refractivity contribution in [3.8, 4) is 0 Å². The van der Waals surface area contributed by atoms with Crippen LogP contribution in [0.4, 0.5) is 5.69 Å². The number of carboxylic acid groups (broad SMARTS) is 1. The van der Waals surface area contributed by atoms with Gasteiger partial charge in [-0.1, -0.05) is 12.1 Å². The Kier molecular flexibility index (Phi) is 2.76. The molecule has 0 aromatic heterocycles. The smallest absolute Gasteiger partial charge is 0.337 e. The Labute approximate surface area is 119 Å². The van der Waals surface area contributed by atoms with Gasteiger partial charge < -0.3 is 10.4 Å². The highest BCUT2D eigenvalue weighted by atomic mass is 16.4. The van der Waals surface area contributed by atoms with Crippen molar-refractivity contribution in [1.82, 2.24) is 0 Å². The van der Waals surface area contributed by atoms with Crippen LogP contribution in [0.3, 0.4) is 0 Å². The molecule has 2 N–H and O–H groups in total.